The molecule has 0 aliphatic heterocycles. The highest BCUT2D eigenvalue weighted by atomic mass is 32.2. The highest BCUT2D eigenvalue weighted by Gasteiger charge is 2.39. The van der Waals surface area contributed by atoms with Crippen molar-refractivity contribution in [3.8, 4) is 5.75 Å². The number of aromatic amines is 1. The fourth-order valence-electron chi connectivity index (χ4n) is 1.97. The highest BCUT2D eigenvalue weighted by Crippen LogP contribution is 2.28. The molecule has 1 heterocycles. The summed E-state index contributed by atoms with van der Waals surface area (Å²) in [4.78, 5) is 2.94. The minimum absolute atomic E-state index is 0.0343. The molecule has 1 aromatic heterocycles. The molecule has 0 aliphatic carbocycles. The zero-order valence-electron chi connectivity index (χ0n) is 10.6. The Morgan fingerprint density at radius 3 is 2.75 bits per heavy atom. The Morgan fingerprint density at radius 1 is 1.40 bits per heavy atom. The van der Waals surface area contributed by atoms with E-state index in [1.54, 1.807) is 18.3 Å². The molecular weight excluding hydrogens is 293 g/mol. The summed E-state index contributed by atoms with van der Waals surface area (Å²) in [7, 11) is -1.87. The van der Waals surface area contributed by atoms with Gasteiger partial charge in [0.1, 0.15) is 5.75 Å². The van der Waals surface area contributed by atoms with E-state index in [0.29, 0.717) is 16.5 Å². The van der Waals surface area contributed by atoms with Crippen LogP contribution in [0.5, 0.6) is 5.75 Å². The average molecular weight is 306 g/mol. The molecule has 110 valence electrons. The number of aromatic nitrogens is 1. The van der Waals surface area contributed by atoms with Gasteiger partial charge < -0.3 is 10.1 Å². The quantitative estimate of drug-likeness (QED) is 0.912. The van der Waals surface area contributed by atoms with Crippen LogP contribution in [0, 0.1) is 0 Å². The number of H-pyrrole nitrogens is 1. The van der Waals surface area contributed by atoms with Crippen molar-refractivity contribution in [3.05, 3.63) is 30.0 Å². The van der Waals surface area contributed by atoms with Crippen LogP contribution in [0.15, 0.2) is 24.4 Å². The topological polar surface area (TPSA) is 56.3 Å². The van der Waals surface area contributed by atoms with Crippen molar-refractivity contribution in [3.63, 3.8) is 0 Å². The Bertz CT molecular complexity index is 639. The van der Waals surface area contributed by atoms with Crippen molar-refractivity contribution in [1.82, 2.24) is 9.29 Å². The van der Waals surface area contributed by atoms with Crippen LogP contribution >= 0.6 is 0 Å². The number of alkyl halides is 3. The number of rotatable bonds is 4. The van der Waals surface area contributed by atoms with Crippen molar-refractivity contribution in [1.29, 1.82) is 0 Å². The molecule has 1 atom stereocenters. The molecule has 8 heteroatoms. The fourth-order valence-corrected chi connectivity index (χ4v) is 2.58. The number of fused-ring (bicyclic) bond motifs is 1. The van der Waals surface area contributed by atoms with Gasteiger partial charge in [0.15, 0.2) is 0 Å². The maximum atomic E-state index is 12.3. The van der Waals surface area contributed by atoms with Gasteiger partial charge in [0, 0.05) is 30.7 Å². The van der Waals surface area contributed by atoms with E-state index < -0.39 is 16.5 Å². The van der Waals surface area contributed by atoms with Crippen molar-refractivity contribution in [2.24, 2.45) is 0 Å². The van der Waals surface area contributed by atoms with E-state index in [1.165, 1.54) is 6.07 Å². The lowest BCUT2D eigenvalue weighted by molar-refractivity contribution is -0.0422. The lowest BCUT2D eigenvalue weighted by Crippen LogP contribution is -2.33. The summed E-state index contributed by atoms with van der Waals surface area (Å²) in [6.07, 6.45) is 1.88. The summed E-state index contributed by atoms with van der Waals surface area (Å²) in [5.74, 6) is 0.0679. The van der Waals surface area contributed by atoms with Crippen LogP contribution in [-0.4, -0.2) is 37.7 Å². The van der Waals surface area contributed by atoms with Crippen molar-refractivity contribution < 1.29 is 22.5 Å². The van der Waals surface area contributed by atoms with Crippen LogP contribution in [0.3, 0.4) is 0 Å². The van der Waals surface area contributed by atoms with Crippen LogP contribution in [0.25, 0.3) is 10.9 Å². The largest absolute Gasteiger partial charge is 0.507 e. The third-order valence-corrected chi connectivity index (χ3v) is 4.09. The summed E-state index contributed by atoms with van der Waals surface area (Å²) in [6, 6.07) is 4.94. The first-order valence-corrected chi connectivity index (χ1v) is 6.89. The second kappa shape index (κ2) is 5.45. The van der Waals surface area contributed by atoms with Crippen LogP contribution in [0.4, 0.5) is 13.2 Å². The van der Waals surface area contributed by atoms with Gasteiger partial charge in [-0.3, -0.25) is 0 Å². The molecule has 20 heavy (non-hydrogen) atoms. The Morgan fingerprint density at radius 2 is 2.10 bits per heavy atom. The van der Waals surface area contributed by atoms with E-state index >= 15 is 0 Å². The number of aromatic hydroxyl groups is 1. The molecule has 0 saturated carbocycles. The molecule has 0 fully saturated rings. The van der Waals surface area contributed by atoms with Gasteiger partial charge in [-0.1, -0.05) is 6.07 Å². The first kappa shape index (κ1) is 14.9. The van der Waals surface area contributed by atoms with E-state index in [4.69, 9.17) is 0 Å². The van der Waals surface area contributed by atoms with Gasteiger partial charge in [-0.05, 0) is 24.1 Å². The third kappa shape index (κ3) is 2.96. The van der Waals surface area contributed by atoms with E-state index in [-0.39, 0.29) is 18.7 Å². The van der Waals surface area contributed by atoms with Gasteiger partial charge in [0.05, 0.1) is 0 Å². The van der Waals surface area contributed by atoms with Crippen LogP contribution < -0.4 is 0 Å². The number of nitrogens with zero attached hydrogens (tertiary/aromatic N) is 1. The molecule has 1 unspecified atom stereocenters. The molecule has 0 spiro atoms. The summed E-state index contributed by atoms with van der Waals surface area (Å²) >= 11 is 0. The van der Waals surface area contributed by atoms with Gasteiger partial charge in [-0.2, -0.15) is 13.2 Å². The van der Waals surface area contributed by atoms with Gasteiger partial charge in [-0.25, -0.2) is 8.51 Å². The number of hydrogen-bond acceptors (Lipinski definition) is 2. The SMILES string of the molecule is CN(CCc1c[nH]c2cccc(O)c12)S(=O)C(F)(F)F. The third-order valence-electron chi connectivity index (χ3n) is 2.94. The Balaban J connectivity index is 2.12. The number of benzene rings is 1. The predicted octanol–water partition coefficient (Wildman–Crippen LogP) is 2.53. The number of phenols is 1. The first-order chi connectivity index (χ1) is 9.30. The summed E-state index contributed by atoms with van der Waals surface area (Å²) in [6.45, 7) is -0.0343. The molecule has 1 aromatic carbocycles. The number of halogens is 3. The van der Waals surface area contributed by atoms with Gasteiger partial charge in [0.2, 0.25) is 11.0 Å². The zero-order chi connectivity index (χ0) is 14.9. The predicted molar refractivity (Wildman–Crippen MR) is 70.5 cm³/mol. The summed E-state index contributed by atoms with van der Waals surface area (Å²) < 4.78 is 48.7. The maximum absolute atomic E-state index is 12.3. The summed E-state index contributed by atoms with van der Waals surface area (Å²) in [5, 5.41) is 10.4. The molecule has 4 nitrogen and oxygen atoms in total. The fraction of sp³-hybridized carbons (Fsp3) is 0.333. The maximum Gasteiger partial charge on any atom is 0.485 e. The molecule has 2 N–H and O–H groups in total. The first-order valence-electron chi connectivity index (χ1n) is 5.78. The molecule has 2 aromatic rings. The number of likely N-dealkylation sites (N-methyl/N-ethyl adjacent to an activating group) is 1. The lowest BCUT2D eigenvalue weighted by atomic mass is 10.1. The van der Waals surface area contributed by atoms with Crippen molar-refractivity contribution in [2.45, 2.75) is 11.9 Å². The molecule has 0 bridgehead atoms. The standard InChI is InChI=1S/C12H13F3N2O2S/c1-17(20(19)12(13,14)15)6-5-8-7-16-9-3-2-4-10(18)11(8)9/h2-4,7,16,18H,5-6H2,1H3. The molecule has 2 rings (SSSR count). The van der Waals surface area contributed by atoms with Gasteiger partial charge >= 0.3 is 5.51 Å². The Hall–Kier alpha value is -1.54. The second-order valence-electron chi connectivity index (χ2n) is 4.31. The van der Waals surface area contributed by atoms with E-state index in [1.807, 2.05) is 0 Å². The summed E-state index contributed by atoms with van der Waals surface area (Å²) in [5.41, 5.74) is -3.36. The monoisotopic (exact) mass is 306 g/mol. The average Bonchev–Trinajstić information content (AvgIpc) is 2.78. The van der Waals surface area contributed by atoms with Crippen LogP contribution in [-0.2, 0) is 17.4 Å². The Labute approximate surface area is 115 Å². The highest BCUT2D eigenvalue weighted by molar-refractivity contribution is 7.83. The smallest absolute Gasteiger partial charge is 0.485 e. The number of nitrogens with one attached hydrogen (secondary N) is 1. The van der Waals surface area contributed by atoms with E-state index in [9.17, 15) is 22.5 Å². The molecular formula is C12H13F3N2O2S. The van der Waals surface area contributed by atoms with Crippen LogP contribution in [0.2, 0.25) is 0 Å². The minimum Gasteiger partial charge on any atom is -0.507 e. The minimum atomic E-state index is -4.75. The van der Waals surface area contributed by atoms with E-state index in [2.05, 4.69) is 4.98 Å². The van der Waals surface area contributed by atoms with Crippen molar-refractivity contribution in [2.75, 3.05) is 13.6 Å². The molecule has 0 aliphatic rings. The second-order valence-corrected chi connectivity index (χ2v) is 5.89. The van der Waals surface area contributed by atoms with Crippen molar-refractivity contribution >= 4 is 21.9 Å². The number of phenolic OH excluding ortho intramolecular Hbond substituents is 1. The normalized spacial score (nSPS) is 14.1. The molecule has 0 amide bonds. The van der Waals surface area contributed by atoms with Gasteiger partial charge in [-0.15, -0.1) is 0 Å². The van der Waals surface area contributed by atoms with Gasteiger partial charge in [0.25, 0.3) is 0 Å². The molecule has 0 radical (unpaired) electrons. The zero-order valence-corrected chi connectivity index (χ0v) is 11.4. The van der Waals surface area contributed by atoms with E-state index in [0.717, 1.165) is 11.4 Å². The lowest BCUT2D eigenvalue weighted by Gasteiger charge is -2.16. The number of hydrogen-bond donors (Lipinski definition) is 2. The van der Waals surface area contributed by atoms with Crippen LogP contribution in [0.1, 0.15) is 5.56 Å². The Kier molecular flexibility index (Phi) is 4.05. The molecule has 0 saturated heterocycles.